The van der Waals surface area contributed by atoms with Gasteiger partial charge in [-0.1, -0.05) is 30.3 Å². The molecule has 1 aromatic carbocycles. The summed E-state index contributed by atoms with van der Waals surface area (Å²) >= 11 is 1.03. The molecule has 2 aromatic rings. The molecule has 1 amide bonds. The number of rotatable bonds is 6. The second-order valence-electron chi connectivity index (χ2n) is 4.85. The molecule has 2 N–H and O–H groups in total. The lowest BCUT2D eigenvalue weighted by Gasteiger charge is -2.01. The van der Waals surface area contributed by atoms with E-state index in [9.17, 15) is 14.4 Å². The Bertz CT molecular complexity index is 868. The standard InChI is InChI=1S/C17H18N2O4S/c1-2-23-16(21)10-13-17(22)19-15(24-13)11-14(20)18-9-8-12-6-4-3-5-7-12/h3-7,10-11H,2,8-9H2,1H3,(H,18,20)(H,19,22)/b13-10-,15-11-. The van der Waals surface area contributed by atoms with E-state index >= 15 is 0 Å². The van der Waals surface area contributed by atoms with E-state index in [2.05, 4.69) is 10.3 Å². The number of aromatic nitrogens is 1. The number of hydrogen-bond acceptors (Lipinski definition) is 5. The van der Waals surface area contributed by atoms with E-state index in [4.69, 9.17) is 4.74 Å². The second kappa shape index (κ2) is 8.83. The van der Waals surface area contributed by atoms with E-state index in [1.807, 2.05) is 30.3 Å². The number of ether oxygens (including phenoxy) is 1. The molecule has 0 radical (unpaired) electrons. The molecule has 0 atom stereocenters. The monoisotopic (exact) mass is 346 g/mol. The fourth-order valence-corrected chi connectivity index (χ4v) is 2.81. The zero-order valence-electron chi connectivity index (χ0n) is 13.2. The van der Waals surface area contributed by atoms with Crippen molar-refractivity contribution < 1.29 is 14.3 Å². The van der Waals surface area contributed by atoms with Crippen LogP contribution >= 0.6 is 11.3 Å². The first kappa shape index (κ1) is 17.7. The zero-order valence-corrected chi connectivity index (χ0v) is 14.0. The molecule has 0 saturated heterocycles. The molecule has 0 fully saturated rings. The first-order valence-corrected chi connectivity index (χ1v) is 8.31. The summed E-state index contributed by atoms with van der Waals surface area (Å²) in [5, 5.41) is 2.76. The van der Waals surface area contributed by atoms with Gasteiger partial charge in [-0.15, -0.1) is 11.3 Å². The third kappa shape index (κ3) is 5.51. The minimum atomic E-state index is -0.580. The number of H-pyrrole nitrogens is 1. The number of carbonyl (C=O) groups excluding carboxylic acids is 2. The number of hydrogen-bond donors (Lipinski definition) is 2. The summed E-state index contributed by atoms with van der Waals surface area (Å²) in [6.07, 6.45) is 3.15. The topological polar surface area (TPSA) is 88.3 Å². The third-order valence-electron chi connectivity index (χ3n) is 3.03. The Hall–Kier alpha value is -2.67. The number of amides is 1. The molecular formula is C17H18N2O4S. The second-order valence-corrected chi connectivity index (χ2v) is 5.94. The Balaban J connectivity index is 1.99. The summed E-state index contributed by atoms with van der Waals surface area (Å²) in [6, 6.07) is 9.81. The molecule has 7 heteroatoms. The molecule has 0 bridgehead atoms. The quantitative estimate of drug-likeness (QED) is 0.716. The summed E-state index contributed by atoms with van der Waals surface area (Å²) in [4.78, 5) is 37.5. The molecule has 2 rings (SSSR count). The van der Waals surface area contributed by atoms with E-state index in [1.54, 1.807) is 6.92 Å². The molecule has 1 aromatic heterocycles. The van der Waals surface area contributed by atoms with Crippen molar-refractivity contribution in [1.82, 2.24) is 10.3 Å². The third-order valence-corrected chi connectivity index (χ3v) is 4.00. The molecule has 0 aliphatic carbocycles. The fourth-order valence-electron chi connectivity index (χ4n) is 1.96. The lowest BCUT2D eigenvalue weighted by atomic mass is 10.1. The molecule has 24 heavy (non-hydrogen) atoms. The summed E-state index contributed by atoms with van der Waals surface area (Å²) in [5.41, 5.74) is 0.713. The van der Waals surface area contributed by atoms with Crippen LogP contribution in [0.1, 0.15) is 12.5 Å². The highest BCUT2D eigenvalue weighted by atomic mass is 32.1. The van der Waals surface area contributed by atoms with Crippen molar-refractivity contribution in [2.24, 2.45) is 0 Å². The van der Waals surface area contributed by atoms with Gasteiger partial charge >= 0.3 is 5.97 Å². The van der Waals surface area contributed by atoms with E-state index in [0.717, 1.165) is 29.4 Å². The molecular weight excluding hydrogens is 328 g/mol. The van der Waals surface area contributed by atoms with Gasteiger partial charge in [-0.2, -0.15) is 0 Å². The molecule has 1 heterocycles. The van der Waals surface area contributed by atoms with Crippen LogP contribution < -0.4 is 20.1 Å². The number of thiazole rings is 1. The fraction of sp³-hybridized carbons (Fsp3) is 0.235. The first-order valence-electron chi connectivity index (χ1n) is 7.49. The van der Waals surface area contributed by atoms with E-state index in [1.165, 1.54) is 6.08 Å². The predicted molar refractivity (Wildman–Crippen MR) is 92.9 cm³/mol. The van der Waals surface area contributed by atoms with Crippen molar-refractivity contribution in [2.45, 2.75) is 13.3 Å². The lowest BCUT2D eigenvalue weighted by molar-refractivity contribution is -0.135. The van der Waals surface area contributed by atoms with Gasteiger partial charge in [0.2, 0.25) is 5.91 Å². The average Bonchev–Trinajstić information content (AvgIpc) is 2.88. The number of aromatic amines is 1. The molecule has 0 spiro atoms. The van der Waals surface area contributed by atoms with Gasteiger partial charge in [0.05, 0.1) is 6.61 Å². The Kier molecular flexibility index (Phi) is 6.51. The van der Waals surface area contributed by atoms with Gasteiger partial charge in [0.25, 0.3) is 5.56 Å². The van der Waals surface area contributed by atoms with E-state index < -0.39 is 11.5 Å². The van der Waals surface area contributed by atoms with Crippen LogP contribution in [0, 0.1) is 0 Å². The van der Waals surface area contributed by atoms with Gasteiger partial charge in [0, 0.05) is 18.7 Å². The molecule has 0 saturated carbocycles. The van der Waals surface area contributed by atoms with Crippen LogP contribution in [0.2, 0.25) is 0 Å². The molecule has 6 nitrogen and oxygen atoms in total. The summed E-state index contributed by atoms with van der Waals surface area (Å²) in [7, 11) is 0. The van der Waals surface area contributed by atoms with Gasteiger partial charge in [0.15, 0.2) is 0 Å². The van der Waals surface area contributed by atoms with Crippen molar-refractivity contribution in [2.75, 3.05) is 13.2 Å². The smallest absolute Gasteiger partial charge is 0.332 e. The van der Waals surface area contributed by atoms with Crippen LogP contribution in [0.15, 0.2) is 35.1 Å². The zero-order chi connectivity index (χ0) is 17.4. The number of carbonyl (C=O) groups is 2. The van der Waals surface area contributed by atoms with Crippen LogP contribution in [0.25, 0.3) is 12.2 Å². The maximum absolute atomic E-state index is 11.9. The highest BCUT2D eigenvalue weighted by Crippen LogP contribution is 1.97. The Morgan fingerprint density at radius 1 is 1.25 bits per heavy atom. The molecule has 126 valence electrons. The van der Waals surface area contributed by atoms with E-state index in [-0.39, 0.29) is 17.0 Å². The van der Waals surface area contributed by atoms with Crippen LogP contribution in [-0.4, -0.2) is 30.0 Å². The summed E-state index contributed by atoms with van der Waals surface area (Å²) < 4.78 is 5.34. The summed E-state index contributed by atoms with van der Waals surface area (Å²) in [6.45, 7) is 2.42. The Morgan fingerprint density at radius 3 is 2.71 bits per heavy atom. The Labute approximate surface area is 142 Å². The van der Waals surface area contributed by atoms with E-state index in [0.29, 0.717) is 11.2 Å². The van der Waals surface area contributed by atoms with Crippen molar-refractivity contribution in [1.29, 1.82) is 0 Å². The van der Waals surface area contributed by atoms with Gasteiger partial charge in [-0.25, -0.2) is 4.79 Å². The lowest BCUT2D eigenvalue weighted by Crippen LogP contribution is -2.25. The largest absolute Gasteiger partial charge is 0.463 e. The number of nitrogens with one attached hydrogen (secondary N) is 2. The highest BCUT2D eigenvalue weighted by Gasteiger charge is 2.02. The summed E-state index contributed by atoms with van der Waals surface area (Å²) in [5.74, 6) is -0.880. The molecule has 0 aliphatic heterocycles. The van der Waals surface area contributed by atoms with Gasteiger partial charge in [-0.05, 0) is 18.9 Å². The average molecular weight is 346 g/mol. The number of benzene rings is 1. The maximum Gasteiger partial charge on any atom is 0.332 e. The minimum Gasteiger partial charge on any atom is -0.463 e. The van der Waals surface area contributed by atoms with Crippen LogP contribution in [-0.2, 0) is 20.7 Å². The van der Waals surface area contributed by atoms with Gasteiger partial charge in [-0.3, -0.25) is 9.59 Å². The maximum atomic E-state index is 11.9. The van der Waals surface area contributed by atoms with Crippen molar-refractivity contribution in [3.63, 3.8) is 0 Å². The van der Waals surface area contributed by atoms with Gasteiger partial charge < -0.3 is 15.0 Å². The Morgan fingerprint density at radius 2 is 2.00 bits per heavy atom. The predicted octanol–water partition coefficient (Wildman–Crippen LogP) is -0.0806. The normalized spacial score (nSPS) is 12.2. The van der Waals surface area contributed by atoms with Crippen molar-refractivity contribution in [3.8, 4) is 0 Å². The highest BCUT2D eigenvalue weighted by molar-refractivity contribution is 7.07. The minimum absolute atomic E-state index is 0.205. The first-order chi connectivity index (χ1) is 11.6. The van der Waals surface area contributed by atoms with Crippen LogP contribution in [0.5, 0.6) is 0 Å². The van der Waals surface area contributed by atoms with Crippen molar-refractivity contribution in [3.05, 3.63) is 55.4 Å². The SMILES string of the molecule is CCOC(=O)/C=c1\s/c(=C\C(=O)NCCc2ccccc2)[nH]c1=O. The van der Waals surface area contributed by atoms with Crippen LogP contribution in [0.3, 0.4) is 0 Å². The van der Waals surface area contributed by atoms with Crippen molar-refractivity contribution >= 4 is 35.4 Å². The number of esters is 1. The molecule has 0 aliphatic rings. The van der Waals surface area contributed by atoms with Gasteiger partial charge in [0.1, 0.15) is 9.20 Å². The van der Waals surface area contributed by atoms with Crippen LogP contribution in [0.4, 0.5) is 0 Å². The molecule has 0 unspecified atom stereocenters.